The number of hydrogen-bond donors (Lipinski definition) is 0. The molecule has 4 heteroatoms. The highest BCUT2D eigenvalue weighted by molar-refractivity contribution is 8.00. The van der Waals surface area contributed by atoms with Crippen LogP contribution in [0.3, 0.4) is 0 Å². The van der Waals surface area contributed by atoms with Crippen molar-refractivity contribution in [2.24, 2.45) is 0 Å². The van der Waals surface area contributed by atoms with Gasteiger partial charge in [-0.1, -0.05) is 11.8 Å². The number of halogens is 1. The lowest BCUT2D eigenvalue weighted by Gasteiger charge is -1.93. The normalized spacial score (nSPS) is 9.80. The Kier molecular flexibility index (Phi) is 2.96. The molecule has 1 aromatic heterocycles. The number of thioether (sulfide) groups is 1. The molecule has 0 atom stereocenters. The minimum atomic E-state index is 0.503. The number of aryl methyl sites for hydroxylation is 1. The Balaban J connectivity index is 2.69. The van der Waals surface area contributed by atoms with Gasteiger partial charge in [-0.3, -0.25) is 0 Å². The van der Waals surface area contributed by atoms with Crippen LogP contribution < -0.4 is 0 Å². The summed E-state index contributed by atoms with van der Waals surface area (Å²) >= 11 is 6.89. The third-order valence-corrected chi connectivity index (χ3v) is 1.85. The summed E-state index contributed by atoms with van der Waals surface area (Å²) in [5.41, 5.74) is 1.07. The van der Waals surface area contributed by atoms with Gasteiger partial charge in [0.15, 0.2) is 5.16 Å². The lowest BCUT2D eigenvalue weighted by Crippen LogP contribution is -1.85. The van der Waals surface area contributed by atoms with Crippen LogP contribution in [0, 0.1) is 6.92 Å². The van der Waals surface area contributed by atoms with E-state index in [9.17, 15) is 0 Å². The van der Waals surface area contributed by atoms with Crippen LogP contribution in [0.15, 0.2) is 17.6 Å². The van der Waals surface area contributed by atoms with E-state index in [2.05, 4.69) is 9.97 Å². The molecule has 10 heavy (non-hydrogen) atoms. The predicted molar refractivity (Wildman–Crippen MR) is 43.3 cm³/mol. The summed E-state index contributed by atoms with van der Waals surface area (Å²) in [6, 6.07) is 0. The molecule has 1 rings (SSSR count). The Morgan fingerprint density at radius 1 is 1.50 bits per heavy atom. The maximum atomic E-state index is 5.46. The molecule has 0 aliphatic rings. The first-order valence-electron chi connectivity index (χ1n) is 2.80. The molecule has 0 radical (unpaired) electrons. The molecule has 1 heterocycles. The largest absolute Gasteiger partial charge is 0.231 e. The molecular formula is C6H7ClN2S. The van der Waals surface area contributed by atoms with Crippen molar-refractivity contribution < 1.29 is 0 Å². The van der Waals surface area contributed by atoms with Crippen LogP contribution in [0.1, 0.15) is 5.56 Å². The highest BCUT2D eigenvalue weighted by Crippen LogP contribution is 2.12. The van der Waals surface area contributed by atoms with Gasteiger partial charge in [0, 0.05) is 12.4 Å². The second kappa shape index (κ2) is 3.78. The summed E-state index contributed by atoms with van der Waals surface area (Å²) in [4.78, 5) is 8.07. The first kappa shape index (κ1) is 7.82. The summed E-state index contributed by atoms with van der Waals surface area (Å²) in [7, 11) is 0. The van der Waals surface area contributed by atoms with Gasteiger partial charge < -0.3 is 0 Å². The van der Waals surface area contributed by atoms with Crippen LogP contribution in [0.25, 0.3) is 0 Å². The lowest BCUT2D eigenvalue weighted by molar-refractivity contribution is 0.952. The Labute approximate surface area is 69.0 Å². The minimum absolute atomic E-state index is 0.503. The molecular weight excluding hydrogens is 168 g/mol. The molecule has 1 aromatic rings. The van der Waals surface area contributed by atoms with Crippen molar-refractivity contribution in [2.45, 2.75) is 12.1 Å². The van der Waals surface area contributed by atoms with E-state index in [0.717, 1.165) is 10.7 Å². The van der Waals surface area contributed by atoms with Crippen molar-refractivity contribution in [3.63, 3.8) is 0 Å². The lowest BCUT2D eigenvalue weighted by atomic mass is 10.4. The van der Waals surface area contributed by atoms with Gasteiger partial charge in [-0.25, -0.2) is 9.97 Å². The van der Waals surface area contributed by atoms with E-state index in [-0.39, 0.29) is 0 Å². The van der Waals surface area contributed by atoms with Gasteiger partial charge in [0.05, 0.1) is 5.21 Å². The predicted octanol–water partition coefficient (Wildman–Crippen LogP) is 2.07. The van der Waals surface area contributed by atoms with Crippen LogP contribution >= 0.6 is 23.4 Å². The highest BCUT2D eigenvalue weighted by atomic mass is 35.5. The van der Waals surface area contributed by atoms with Crippen LogP contribution in [0.5, 0.6) is 0 Å². The van der Waals surface area contributed by atoms with E-state index < -0.39 is 0 Å². The minimum Gasteiger partial charge on any atom is -0.231 e. The van der Waals surface area contributed by atoms with Crippen LogP contribution in [0.4, 0.5) is 0 Å². The first-order valence-corrected chi connectivity index (χ1v) is 4.32. The monoisotopic (exact) mass is 174 g/mol. The molecule has 0 aliphatic carbocycles. The third-order valence-electron chi connectivity index (χ3n) is 0.941. The molecule has 0 aliphatic heterocycles. The van der Waals surface area contributed by atoms with E-state index in [1.807, 2.05) is 6.92 Å². The quantitative estimate of drug-likeness (QED) is 0.390. The van der Waals surface area contributed by atoms with E-state index in [0.29, 0.717) is 5.21 Å². The third kappa shape index (κ3) is 2.15. The summed E-state index contributed by atoms with van der Waals surface area (Å²) in [5, 5.41) is 1.24. The zero-order valence-corrected chi connectivity index (χ0v) is 7.11. The van der Waals surface area contributed by atoms with Crippen molar-refractivity contribution >= 4 is 23.4 Å². The van der Waals surface area contributed by atoms with Gasteiger partial charge in [0.1, 0.15) is 0 Å². The summed E-state index contributed by atoms with van der Waals surface area (Å²) in [6.07, 6.45) is 3.56. The number of aromatic nitrogens is 2. The summed E-state index contributed by atoms with van der Waals surface area (Å²) in [6.45, 7) is 1.95. The fraction of sp³-hybridized carbons (Fsp3) is 0.333. The Morgan fingerprint density at radius 2 is 2.10 bits per heavy atom. The van der Waals surface area contributed by atoms with Gasteiger partial charge in [-0.2, -0.15) is 0 Å². The maximum absolute atomic E-state index is 5.46. The second-order valence-electron chi connectivity index (χ2n) is 1.80. The molecule has 0 bridgehead atoms. The summed E-state index contributed by atoms with van der Waals surface area (Å²) < 4.78 is 0. The Morgan fingerprint density at radius 3 is 2.60 bits per heavy atom. The van der Waals surface area contributed by atoms with Crippen molar-refractivity contribution in [3.05, 3.63) is 18.0 Å². The molecule has 0 unspecified atom stereocenters. The highest BCUT2D eigenvalue weighted by Gasteiger charge is 1.92. The van der Waals surface area contributed by atoms with Crippen LogP contribution in [0.2, 0.25) is 0 Å². The molecule has 54 valence electrons. The molecule has 0 aromatic carbocycles. The molecule has 0 fully saturated rings. The average molecular weight is 175 g/mol. The maximum Gasteiger partial charge on any atom is 0.188 e. The van der Waals surface area contributed by atoms with Gasteiger partial charge in [-0.15, -0.1) is 11.6 Å². The Bertz CT molecular complexity index is 199. The fourth-order valence-corrected chi connectivity index (χ4v) is 1.15. The SMILES string of the molecule is Cc1cnc(SCCl)nc1. The number of alkyl halides is 1. The summed E-state index contributed by atoms with van der Waals surface area (Å²) in [5.74, 6) is 0. The number of hydrogen-bond acceptors (Lipinski definition) is 3. The zero-order valence-electron chi connectivity index (χ0n) is 5.54. The van der Waals surface area contributed by atoms with E-state index >= 15 is 0 Å². The number of rotatable bonds is 2. The molecule has 2 nitrogen and oxygen atoms in total. The van der Waals surface area contributed by atoms with Crippen molar-refractivity contribution in [1.82, 2.24) is 9.97 Å². The Hall–Kier alpha value is -0.280. The molecule has 0 spiro atoms. The molecule has 0 N–H and O–H groups in total. The topological polar surface area (TPSA) is 25.8 Å². The van der Waals surface area contributed by atoms with Crippen molar-refractivity contribution in [1.29, 1.82) is 0 Å². The molecule has 0 saturated heterocycles. The van der Waals surface area contributed by atoms with E-state index in [1.165, 1.54) is 11.8 Å². The second-order valence-corrected chi connectivity index (χ2v) is 3.32. The van der Waals surface area contributed by atoms with Gasteiger partial charge in [0.2, 0.25) is 0 Å². The van der Waals surface area contributed by atoms with Crippen molar-refractivity contribution in [3.8, 4) is 0 Å². The van der Waals surface area contributed by atoms with Crippen LogP contribution in [-0.2, 0) is 0 Å². The average Bonchev–Trinajstić information content (AvgIpc) is 1.95. The smallest absolute Gasteiger partial charge is 0.188 e. The molecule has 0 saturated carbocycles. The standard InChI is InChI=1S/C6H7ClN2S/c1-5-2-8-6(9-3-5)10-4-7/h2-3H,4H2,1H3. The van der Waals surface area contributed by atoms with Gasteiger partial charge in [-0.05, 0) is 12.5 Å². The van der Waals surface area contributed by atoms with E-state index in [4.69, 9.17) is 11.6 Å². The van der Waals surface area contributed by atoms with Gasteiger partial charge >= 0.3 is 0 Å². The van der Waals surface area contributed by atoms with Crippen LogP contribution in [-0.4, -0.2) is 15.2 Å². The van der Waals surface area contributed by atoms with E-state index in [1.54, 1.807) is 12.4 Å². The first-order chi connectivity index (χ1) is 4.83. The number of nitrogens with zero attached hydrogens (tertiary/aromatic N) is 2. The fourth-order valence-electron chi connectivity index (χ4n) is 0.504. The van der Waals surface area contributed by atoms with Crippen molar-refractivity contribution in [2.75, 3.05) is 5.21 Å². The molecule has 0 amide bonds. The zero-order chi connectivity index (χ0) is 7.40. The van der Waals surface area contributed by atoms with Gasteiger partial charge in [0.25, 0.3) is 0 Å².